The maximum atomic E-state index is 12.5. The molecular formula is C16H21NO3. The first-order valence-corrected chi connectivity index (χ1v) is 7.05. The first-order valence-electron chi connectivity index (χ1n) is 7.05. The Labute approximate surface area is 119 Å². The highest BCUT2D eigenvalue weighted by molar-refractivity contribution is 5.81. The molecule has 1 saturated carbocycles. The Morgan fingerprint density at radius 3 is 2.35 bits per heavy atom. The zero-order valence-electron chi connectivity index (χ0n) is 12.0. The molecule has 1 fully saturated rings. The fraction of sp³-hybridized carbons (Fsp3) is 0.500. The molecule has 1 aliphatic carbocycles. The lowest BCUT2D eigenvalue weighted by Crippen LogP contribution is -2.34. The molecule has 0 aliphatic heterocycles. The van der Waals surface area contributed by atoms with Crippen LogP contribution in [0, 0.1) is 11.8 Å². The van der Waals surface area contributed by atoms with Gasteiger partial charge < -0.3 is 10.0 Å². The van der Waals surface area contributed by atoms with Crippen LogP contribution in [0.15, 0.2) is 30.3 Å². The molecule has 108 valence electrons. The Hall–Kier alpha value is -1.84. The van der Waals surface area contributed by atoms with E-state index in [0.29, 0.717) is 19.3 Å². The van der Waals surface area contributed by atoms with Gasteiger partial charge in [0.15, 0.2) is 0 Å². The molecular weight excluding hydrogens is 254 g/mol. The van der Waals surface area contributed by atoms with E-state index in [1.165, 1.54) is 0 Å². The molecule has 0 bridgehead atoms. The molecule has 2 rings (SSSR count). The number of amides is 1. The zero-order chi connectivity index (χ0) is 14.7. The maximum Gasteiger partial charge on any atom is 0.306 e. The van der Waals surface area contributed by atoms with Gasteiger partial charge >= 0.3 is 5.97 Å². The van der Waals surface area contributed by atoms with Crippen LogP contribution in [0.2, 0.25) is 0 Å². The summed E-state index contributed by atoms with van der Waals surface area (Å²) in [6.45, 7) is 2.00. The first-order chi connectivity index (χ1) is 9.50. The van der Waals surface area contributed by atoms with Gasteiger partial charge in [-0.3, -0.25) is 9.59 Å². The molecule has 0 heterocycles. The molecule has 3 unspecified atom stereocenters. The minimum absolute atomic E-state index is 0.00702. The lowest BCUT2D eigenvalue weighted by Gasteiger charge is -2.28. The van der Waals surface area contributed by atoms with Gasteiger partial charge in [0.25, 0.3) is 0 Å². The number of carboxylic acid groups (broad SMARTS) is 1. The Balaban J connectivity index is 2.01. The van der Waals surface area contributed by atoms with Gasteiger partial charge in [-0.05, 0) is 31.7 Å². The Bertz CT molecular complexity index is 486. The standard InChI is InChI=1S/C16H21NO3/c1-11(12-6-4-3-5-7-12)17(2)15(18)13-8-9-14(10-13)16(19)20/h3-7,11,13-14H,8-10H2,1-2H3,(H,19,20). The van der Waals surface area contributed by atoms with Crippen LogP contribution in [0.5, 0.6) is 0 Å². The van der Waals surface area contributed by atoms with Gasteiger partial charge in [-0.2, -0.15) is 0 Å². The number of aliphatic carboxylic acids is 1. The highest BCUT2D eigenvalue weighted by Crippen LogP contribution is 2.33. The summed E-state index contributed by atoms with van der Waals surface area (Å²) >= 11 is 0. The second-order valence-corrected chi connectivity index (χ2v) is 5.58. The van der Waals surface area contributed by atoms with Gasteiger partial charge in [-0.15, -0.1) is 0 Å². The molecule has 0 aromatic heterocycles. The van der Waals surface area contributed by atoms with Crippen molar-refractivity contribution in [1.29, 1.82) is 0 Å². The van der Waals surface area contributed by atoms with E-state index < -0.39 is 5.97 Å². The molecule has 0 saturated heterocycles. The Morgan fingerprint density at radius 1 is 1.20 bits per heavy atom. The topological polar surface area (TPSA) is 57.6 Å². The monoisotopic (exact) mass is 275 g/mol. The predicted molar refractivity (Wildman–Crippen MR) is 76.1 cm³/mol. The van der Waals surface area contributed by atoms with Gasteiger partial charge in [0.05, 0.1) is 12.0 Å². The third-order valence-electron chi connectivity index (χ3n) is 4.34. The molecule has 4 heteroatoms. The average Bonchev–Trinajstić information content (AvgIpc) is 2.96. The van der Waals surface area contributed by atoms with Crippen molar-refractivity contribution in [3.05, 3.63) is 35.9 Å². The summed E-state index contributed by atoms with van der Waals surface area (Å²) in [6, 6.07) is 9.88. The normalized spacial score (nSPS) is 23.3. The van der Waals surface area contributed by atoms with E-state index >= 15 is 0 Å². The summed E-state index contributed by atoms with van der Waals surface area (Å²) in [5.41, 5.74) is 1.09. The Morgan fingerprint density at radius 2 is 1.80 bits per heavy atom. The summed E-state index contributed by atoms with van der Waals surface area (Å²) < 4.78 is 0. The predicted octanol–water partition coefficient (Wildman–Crippen LogP) is 2.71. The lowest BCUT2D eigenvalue weighted by atomic mass is 10.0. The van der Waals surface area contributed by atoms with Gasteiger partial charge in [0.2, 0.25) is 5.91 Å². The van der Waals surface area contributed by atoms with Crippen LogP contribution in [0.1, 0.15) is 37.8 Å². The van der Waals surface area contributed by atoms with Crippen molar-refractivity contribution < 1.29 is 14.7 Å². The van der Waals surface area contributed by atoms with Crippen LogP contribution in [0.4, 0.5) is 0 Å². The van der Waals surface area contributed by atoms with Crippen LogP contribution >= 0.6 is 0 Å². The molecule has 3 atom stereocenters. The van der Waals surface area contributed by atoms with Crippen molar-refractivity contribution in [2.75, 3.05) is 7.05 Å². The SMILES string of the molecule is CC(c1ccccc1)N(C)C(=O)C1CCC(C(=O)O)C1. The van der Waals surface area contributed by atoms with E-state index in [9.17, 15) is 9.59 Å². The molecule has 1 aromatic carbocycles. The van der Waals surface area contributed by atoms with Crippen molar-refractivity contribution in [1.82, 2.24) is 4.90 Å². The van der Waals surface area contributed by atoms with Crippen molar-refractivity contribution in [3.63, 3.8) is 0 Å². The lowest BCUT2D eigenvalue weighted by molar-refractivity contribution is -0.141. The van der Waals surface area contributed by atoms with Crippen molar-refractivity contribution in [2.24, 2.45) is 11.8 Å². The number of carbonyl (C=O) groups excluding carboxylic acids is 1. The minimum Gasteiger partial charge on any atom is -0.481 e. The van der Waals surface area contributed by atoms with Crippen molar-refractivity contribution >= 4 is 11.9 Å². The molecule has 20 heavy (non-hydrogen) atoms. The van der Waals surface area contributed by atoms with E-state index in [1.54, 1.807) is 11.9 Å². The molecule has 0 spiro atoms. The van der Waals surface area contributed by atoms with E-state index in [0.717, 1.165) is 5.56 Å². The largest absolute Gasteiger partial charge is 0.481 e. The molecule has 1 aromatic rings. The Kier molecular flexibility index (Phi) is 4.42. The molecule has 1 N–H and O–H groups in total. The fourth-order valence-electron chi connectivity index (χ4n) is 2.86. The third-order valence-corrected chi connectivity index (χ3v) is 4.34. The second-order valence-electron chi connectivity index (χ2n) is 5.58. The van der Waals surface area contributed by atoms with Crippen molar-refractivity contribution in [2.45, 2.75) is 32.2 Å². The van der Waals surface area contributed by atoms with Gasteiger partial charge in [0.1, 0.15) is 0 Å². The average molecular weight is 275 g/mol. The second kappa shape index (κ2) is 6.07. The van der Waals surface area contributed by atoms with Gasteiger partial charge in [-0.25, -0.2) is 0 Å². The number of nitrogens with zero attached hydrogens (tertiary/aromatic N) is 1. The van der Waals surface area contributed by atoms with Gasteiger partial charge in [0, 0.05) is 13.0 Å². The highest BCUT2D eigenvalue weighted by atomic mass is 16.4. The molecule has 4 nitrogen and oxygen atoms in total. The molecule has 1 aliphatic rings. The highest BCUT2D eigenvalue weighted by Gasteiger charge is 2.36. The number of rotatable bonds is 4. The van der Waals surface area contributed by atoms with Crippen LogP contribution in [-0.4, -0.2) is 28.9 Å². The minimum atomic E-state index is -0.779. The molecule has 0 radical (unpaired) electrons. The fourth-order valence-corrected chi connectivity index (χ4v) is 2.86. The summed E-state index contributed by atoms with van der Waals surface area (Å²) in [6.07, 6.45) is 1.76. The third kappa shape index (κ3) is 3.00. The van der Waals surface area contributed by atoms with Crippen LogP contribution in [0.25, 0.3) is 0 Å². The number of hydrogen-bond acceptors (Lipinski definition) is 2. The summed E-state index contributed by atoms with van der Waals surface area (Å²) in [4.78, 5) is 25.2. The van der Waals surface area contributed by atoms with E-state index in [4.69, 9.17) is 5.11 Å². The quantitative estimate of drug-likeness (QED) is 0.919. The number of carboxylic acids is 1. The van der Waals surface area contributed by atoms with E-state index in [2.05, 4.69) is 0 Å². The number of carbonyl (C=O) groups is 2. The number of hydrogen-bond donors (Lipinski definition) is 1. The smallest absolute Gasteiger partial charge is 0.306 e. The van der Waals surface area contributed by atoms with Crippen LogP contribution in [-0.2, 0) is 9.59 Å². The van der Waals surface area contributed by atoms with Crippen molar-refractivity contribution in [3.8, 4) is 0 Å². The zero-order valence-corrected chi connectivity index (χ0v) is 12.0. The maximum absolute atomic E-state index is 12.5. The first kappa shape index (κ1) is 14.6. The molecule has 1 amide bonds. The van der Waals surface area contributed by atoms with Crippen LogP contribution in [0.3, 0.4) is 0 Å². The van der Waals surface area contributed by atoms with E-state index in [1.807, 2.05) is 37.3 Å². The summed E-state index contributed by atoms with van der Waals surface area (Å²) in [5, 5.41) is 9.01. The summed E-state index contributed by atoms with van der Waals surface area (Å²) in [7, 11) is 1.80. The van der Waals surface area contributed by atoms with E-state index in [-0.39, 0.29) is 23.8 Å². The van der Waals surface area contributed by atoms with Gasteiger partial charge in [-0.1, -0.05) is 30.3 Å². The summed E-state index contributed by atoms with van der Waals surface area (Å²) in [5.74, 6) is -1.22. The number of benzene rings is 1. The van der Waals surface area contributed by atoms with Crippen LogP contribution < -0.4 is 0 Å².